The number of nitrogens with one attached hydrogen (secondary N) is 3. The summed E-state index contributed by atoms with van der Waals surface area (Å²) in [6, 6.07) is 5.82. The zero-order valence-electron chi connectivity index (χ0n) is 15.0. The summed E-state index contributed by atoms with van der Waals surface area (Å²) in [5.41, 5.74) is 1.72. The van der Waals surface area contributed by atoms with E-state index in [9.17, 15) is 19.5 Å². The van der Waals surface area contributed by atoms with Gasteiger partial charge in [0, 0.05) is 36.6 Å². The molecule has 4 N–H and O–H groups in total. The predicted octanol–water partition coefficient (Wildman–Crippen LogP) is 1.48. The first kappa shape index (κ1) is 18.8. The molecule has 1 aromatic carbocycles. The number of para-hydroxylation sites is 1. The lowest BCUT2D eigenvalue weighted by molar-refractivity contribution is -0.139. The molecule has 0 aliphatic carbocycles. The Morgan fingerprint density at radius 2 is 1.89 bits per heavy atom. The highest BCUT2D eigenvalue weighted by molar-refractivity contribution is 5.88. The molecule has 1 saturated heterocycles. The maximum atomic E-state index is 12.1. The van der Waals surface area contributed by atoms with Crippen LogP contribution in [-0.4, -0.2) is 58.6 Å². The van der Waals surface area contributed by atoms with Gasteiger partial charge in [-0.05, 0) is 30.9 Å². The van der Waals surface area contributed by atoms with Gasteiger partial charge < -0.3 is 25.6 Å². The number of amides is 3. The van der Waals surface area contributed by atoms with Crippen molar-refractivity contribution < 1.29 is 19.5 Å². The number of carboxylic acid groups (broad SMARTS) is 1. The second-order valence-corrected chi connectivity index (χ2v) is 6.72. The van der Waals surface area contributed by atoms with Crippen molar-refractivity contribution in [2.24, 2.45) is 0 Å². The fourth-order valence-electron chi connectivity index (χ4n) is 3.34. The summed E-state index contributed by atoms with van der Waals surface area (Å²) in [6.07, 6.45) is 4.96. The van der Waals surface area contributed by atoms with E-state index in [1.54, 1.807) is 11.1 Å². The molecule has 144 valence electrons. The Kier molecular flexibility index (Phi) is 5.95. The van der Waals surface area contributed by atoms with Crippen LogP contribution in [0.1, 0.15) is 24.8 Å². The molecule has 1 aliphatic rings. The van der Waals surface area contributed by atoms with Crippen molar-refractivity contribution in [1.82, 2.24) is 20.5 Å². The van der Waals surface area contributed by atoms with E-state index in [1.807, 2.05) is 24.3 Å². The Morgan fingerprint density at radius 1 is 1.15 bits per heavy atom. The number of carboxylic acids is 1. The summed E-state index contributed by atoms with van der Waals surface area (Å²) < 4.78 is 0. The molecule has 0 unspecified atom stereocenters. The Labute approximate surface area is 156 Å². The van der Waals surface area contributed by atoms with Gasteiger partial charge in [-0.3, -0.25) is 4.79 Å². The Hall–Kier alpha value is -3.03. The number of urea groups is 1. The zero-order valence-corrected chi connectivity index (χ0v) is 15.0. The van der Waals surface area contributed by atoms with Crippen LogP contribution >= 0.6 is 0 Å². The molecular weight excluding hydrogens is 348 g/mol. The number of hydrogen-bond acceptors (Lipinski definition) is 3. The van der Waals surface area contributed by atoms with Crippen LogP contribution < -0.4 is 10.6 Å². The molecule has 0 bridgehead atoms. The van der Waals surface area contributed by atoms with Gasteiger partial charge in [-0.2, -0.15) is 0 Å². The number of rotatable bonds is 6. The number of aromatic nitrogens is 1. The van der Waals surface area contributed by atoms with Gasteiger partial charge in [0.25, 0.3) is 0 Å². The second-order valence-electron chi connectivity index (χ2n) is 6.72. The first-order chi connectivity index (χ1) is 13.0. The van der Waals surface area contributed by atoms with E-state index in [4.69, 9.17) is 0 Å². The zero-order chi connectivity index (χ0) is 19.2. The third-order valence-corrected chi connectivity index (χ3v) is 4.81. The lowest BCUT2D eigenvalue weighted by atomic mass is 10.1. The van der Waals surface area contributed by atoms with E-state index in [2.05, 4.69) is 15.6 Å². The van der Waals surface area contributed by atoms with E-state index in [1.165, 1.54) is 0 Å². The largest absolute Gasteiger partial charge is 0.480 e. The van der Waals surface area contributed by atoms with E-state index in [-0.39, 0.29) is 18.9 Å². The molecule has 0 spiro atoms. The number of benzene rings is 1. The van der Waals surface area contributed by atoms with Gasteiger partial charge in [0.2, 0.25) is 5.91 Å². The van der Waals surface area contributed by atoms with Crippen molar-refractivity contribution in [2.45, 2.75) is 31.7 Å². The summed E-state index contributed by atoms with van der Waals surface area (Å²) in [4.78, 5) is 40.5. The molecule has 2 heterocycles. The molecule has 3 amide bonds. The van der Waals surface area contributed by atoms with Crippen LogP contribution in [0.5, 0.6) is 0 Å². The van der Waals surface area contributed by atoms with Gasteiger partial charge >= 0.3 is 12.0 Å². The van der Waals surface area contributed by atoms with E-state index < -0.39 is 18.0 Å². The maximum Gasteiger partial charge on any atom is 0.326 e. The minimum atomic E-state index is -1.13. The minimum Gasteiger partial charge on any atom is -0.480 e. The number of piperidine rings is 1. The summed E-state index contributed by atoms with van der Waals surface area (Å²) in [5, 5.41) is 15.3. The van der Waals surface area contributed by atoms with Crippen LogP contribution in [0.15, 0.2) is 30.5 Å². The number of carbonyl (C=O) groups is 3. The number of aromatic amines is 1. The molecule has 8 nitrogen and oxygen atoms in total. The molecular formula is C19H24N4O4. The average molecular weight is 372 g/mol. The number of H-pyrrole nitrogens is 1. The number of likely N-dealkylation sites (tertiary alicyclic amines) is 1. The van der Waals surface area contributed by atoms with Gasteiger partial charge in [-0.15, -0.1) is 0 Å². The first-order valence-electron chi connectivity index (χ1n) is 9.14. The van der Waals surface area contributed by atoms with Gasteiger partial charge in [-0.1, -0.05) is 18.2 Å². The van der Waals surface area contributed by atoms with E-state index in [0.29, 0.717) is 13.1 Å². The summed E-state index contributed by atoms with van der Waals surface area (Å²) >= 11 is 0. The second kappa shape index (κ2) is 8.57. The Balaban J connectivity index is 1.55. The number of hydrogen-bond donors (Lipinski definition) is 4. The third kappa shape index (κ3) is 4.78. The predicted molar refractivity (Wildman–Crippen MR) is 100 cm³/mol. The van der Waals surface area contributed by atoms with Crippen molar-refractivity contribution in [1.29, 1.82) is 0 Å². The highest BCUT2D eigenvalue weighted by Crippen LogP contribution is 2.19. The molecule has 27 heavy (non-hydrogen) atoms. The maximum absolute atomic E-state index is 12.1. The smallest absolute Gasteiger partial charge is 0.326 e. The minimum absolute atomic E-state index is 0.134. The molecule has 1 aliphatic heterocycles. The van der Waals surface area contributed by atoms with Crippen LogP contribution in [0, 0.1) is 0 Å². The number of carbonyl (C=O) groups excluding carboxylic acids is 2. The van der Waals surface area contributed by atoms with Gasteiger partial charge in [0.05, 0.1) is 6.54 Å². The lowest BCUT2D eigenvalue weighted by Gasteiger charge is -2.26. The van der Waals surface area contributed by atoms with Crippen molar-refractivity contribution >= 4 is 28.8 Å². The monoisotopic (exact) mass is 372 g/mol. The van der Waals surface area contributed by atoms with Gasteiger partial charge in [-0.25, -0.2) is 9.59 Å². The molecule has 0 saturated carbocycles. The molecule has 1 aromatic heterocycles. The van der Waals surface area contributed by atoms with Crippen molar-refractivity contribution in [3.8, 4) is 0 Å². The average Bonchev–Trinajstić information content (AvgIpc) is 3.09. The standard InChI is InChI=1S/C19H24N4O4/c24-17(23-8-4-1-5-9-23)12-21-19(27)22-16(18(25)26)10-13-11-20-15-7-3-2-6-14(13)15/h2-3,6-7,11,16,20H,1,4-5,8-10,12H2,(H,25,26)(H2,21,22,27)/t16-/m0/s1. The van der Waals surface area contributed by atoms with Gasteiger partial charge in [0.15, 0.2) is 0 Å². The fourth-order valence-corrected chi connectivity index (χ4v) is 3.34. The van der Waals surface area contributed by atoms with Crippen molar-refractivity contribution in [3.05, 3.63) is 36.0 Å². The fraction of sp³-hybridized carbons (Fsp3) is 0.421. The number of aliphatic carboxylic acids is 1. The van der Waals surface area contributed by atoms with Gasteiger partial charge in [0.1, 0.15) is 6.04 Å². The van der Waals surface area contributed by atoms with Crippen molar-refractivity contribution in [2.75, 3.05) is 19.6 Å². The van der Waals surface area contributed by atoms with E-state index >= 15 is 0 Å². The van der Waals surface area contributed by atoms with E-state index in [0.717, 1.165) is 35.7 Å². The van der Waals surface area contributed by atoms with Crippen LogP contribution in [0.3, 0.4) is 0 Å². The Morgan fingerprint density at radius 3 is 2.63 bits per heavy atom. The van der Waals surface area contributed by atoms with Crippen molar-refractivity contribution in [3.63, 3.8) is 0 Å². The van der Waals surface area contributed by atoms with Crippen LogP contribution in [-0.2, 0) is 16.0 Å². The lowest BCUT2D eigenvalue weighted by Crippen LogP contribution is -2.50. The molecule has 3 rings (SSSR count). The third-order valence-electron chi connectivity index (χ3n) is 4.81. The quantitative estimate of drug-likeness (QED) is 0.615. The molecule has 1 atom stereocenters. The van der Waals surface area contributed by atoms with Crippen LogP contribution in [0.4, 0.5) is 4.79 Å². The molecule has 2 aromatic rings. The van der Waals surface area contributed by atoms with Crippen LogP contribution in [0.2, 0.25) is 0 Å². The molecule has 8 heteroatoms. The topological polar surface area (TPSA) is 115 Å². The number of nitrogens with zero attached hydrogens (tertiary/aromatic N) is 1. The summed E-state index contributed by atoms with van der Waals surface area (Å²) in [5.74, 6) is -1.27. The highest BCUT2D eigenvalue weighted by Gasteiger charge is 2.23. The SMILES string of the molecule is O=C(NCC(=O)N1CCCCC1)N[C@@H](Cc1c[nH]c2ccccc12)C(=O)O. The molecule has 1 fully saturated rings. The first-order valence-corrected chi connectivity index (χ1v) is 9.14. The molecule has 0 radical (unpaired) electrons. The summed E-state index contributed by atoms with van der Waals surface area (Å²) in [7, 11) is 0. The normalized spacial score (nSPS) is 15.3. The van der Waals surface area contributed by atoms with Crippen LogP contribution in [0.25, 0.3) is 10.9 Å². The summed E-state index contributed by atoms with van der Waals surface area (Å²) in [6.45, 7) is 1.28. The number of fused-ring (bicyclic) bond motifs is 1. The highest BCUT2D eigenvalue weighted by atomic mass is 16.4. The Bertz CT molecular complexity index is 826.